The minimum atomic E-state index is 1.02. The Morgan fingerprint density at radius 1 is 1.50 bits per heavy atom. The monoisotopic (exact) mass is 194 g/mol. The average Bonchev–Trinajstić information content (AvgIpc) is 2.29. The molecule has 1 rings (SSSR count). The van der Waals surface area contributed by atoms with Gasteiger partial charge in [-0.15, -0.1) is 0 Å². The topological polar surface area (TPSA) is 42.0 Å². The number of hydrogen-bond donors (Lipinski definition) is 1. The third-order valence-corrected chi connectivity index (χ3v) is 1.93. The summed E-state index contributed by atoms with van der Waals surface area (Å²) in [6, 6.07) is 4.13. The summed E-state index contributed by atoms with van der Waals surface area (Å²) in [5.41, 5.74) is 1.32. The van der Waals surface area contributed by atoms with E-state index in [1.165, 1.54) is 18.4 Å². The molecule has 0 aromatic carbocycles. The van der Waals surface area contributed by atoms with E-state index in [0.717, 1.165) is 12.2 Å². The van der Waals surface area contributed by atoms with E-state index >= 15 is 0 Å². The van der Waals surface area contributed by atoms with Crippen LogP contribution in [0.25, 0.3) is 0 Å². The van der Waals surface area contributed by atoms with Crippen LogP contribution in [0.15, 0.2) is 18.3 Å². The number of nitrogens with zero attached hydrogens (tertiary/aromatic N) is 1. The number of rotatable bonds is 4. The van der Waals surface area contributed by atoms with Crippen LogP contribution in [0, 0.1) is 0 Å². The van der Waals surface area contributed by atoms with Crippen LogP contribution < -0.4 is 5.32 Å². The lowest BCUT2D eigenvalue weighted by molar-refractivity contribution is -0.0979. The maximum atomic E-state index is 8.00. The number of unbranched alkanes of at least 4 members (excludes halogenated alkanes) is 1. The highest BCUT2D eigenvalue weighted by Crippen LogP contribution is 2.13. The molecule has 0 unspecified atom stereocenters. The minimum Gasteiger partial charge on any atom is -0.373 e. The summed E-state index contributed by atoms with van der Waals surface area (Å²) in [4.78, 5) is 12.2. The number of carbonyl (C=O) groups is 1. The van der Waals surface area contributed by atoms with Crippen molar-refractivity contribution in [3.05, 3.63) is 23.9 Å². The van der Waals surface area contributed by atoms with Gasteiger partial charge in [0.25, 0.3) is 0 Å². The van der Waals surface area contributed by atoms with Crippen molar-refractivity contribution in [1.29, 1.82) is 0 Å². The van der Waals surface area contributed by atoms with E-state index < -0.39 is 0 Å². The lowest BCUT2D eigenvalue weighted by Gasteiger charge is -2.05. The smallest absolute Gasteiger partial charge is 0.128 e. The third kappa shape index (κ3) is 4.03. The molecule has 0 aliphatic rings. The van der Waals surface area contributed by atoms with Crippen LogP contribution in [0.5, 0.6) is 0 Å². The summed E-state index contributed by atoms with van der Waals surface area (Å²) in [5, 5.41) is 3.09. The first-order valence-corrected chi connectivity index (χ1v) is 4.79. The van der Waals surface area contributed by atoms with Gasteiger partial charge in [0.15, 0.2) is 0 Å². The van der Waals surface area contributed by atoms with Crippen LogP contribution in [0.3, 0.4) is 0 Å². The first-order chi connectivity index (χ1) is 6.88. The van der Waals surface area contributed by atoms with Gasteiger partial charge in [-0.2, -0.15) is 0 Å². The zero-order chi connectivity index (χ0) is 10.8. The van der Waals surface area contributed by atoms with Crippen LogP contribution in [-0.2, 0) is 11.2 Å². The predicted molar refractivity (Wildman–Crippen MR) is 59.5 cm³/mol. The molecule has 0 amide bonds. The minimum absolute atomic E-state index is 1.02. The van der Waals surface area contributed by atoms with Crippen molar-refractivity contribution < 1.29 is 4.79 Å². The Bertz CT molecular complexity index is 251. The number of aromatic nitrogens is 1. The van der Waals surface area contributed by atoms with E-state index in [0.29, 0.717) is 0 Å². The van der Waals surface area contributed by atoms with Crippen molar-refractivity contribution in [2.75, 3.05) is 12.4 Å². The molecule has 1 aromatic heterocycles. The molecule has 1 N–H and O–H groups in total. The van der Waals surface area contributed by atoms with Gasteiger partial charge in [0.1, 0.15) is 12.6 Å². The second-order valence-corrected chi connectivity index (χ2v) is 2.86. The van der Waals surface area contributed by atoms with E-state index in [-0.39, 0.29) is 0 Å². The molecule has 3 heteroatoms. The van der Waals surface area contributed by atoms with Crippen LogP contribution in [-0.4, -0.2) is 18.8 Å². The molecular formula is C11H18N2O. The molecule has 1 heterocycles. The maximum Gasteiger partial charge on any atom is 0.128 e. The van der Waals surface area contributed by atoms with Crippen LogP contribution in [0.4, 0.5) is 5.82 Å². The third-order valence-electron chi connectivity index (χ3n) is 1.93. The number of carbonyl (C=O) groups excluding carboxylic acids is 1. The van der Waals surface area contributed by atoms with Gasteiger partial charge >= 0.3 is 0 Å². The first kappa shape index (κ1) is 12.6. The largest absolute Gasteiger partial charge is 0.373 e. The fourth-order valence-corrected chi connectivity index (χ4v) is 1.23. The number of nitrogens with one attached hydrogen (secondary N) is 1. The maximum absolute atomic E-state index is 8.00. The van der Waals surface area contributed by atoms with Gasteiger partial charge < -0.3 is 10.1 Å². The molecule has 1 aromatic rings. The van der Waals surface area contributed by atoms with Gasteiger partial charge in [0.05, 0.1) is 0 Å². The summed E-state index contributed by atoms with van der Waals surface area (Å²) < 4.78 is 0. The molecule has 0 saturated heterocycles. The molecule has 0 fully saturated rings. The van der Waals surface area contributed by atoms with E-state index in [1.807, 2.05) is 26.1 Å². The van der Waals surface area contributed by atoms with Crippen LogP contribution >= 0.6 is 0 Å². The molecule has 0 atom stereocenters. The normalized spacial score (nSPS) is 8.71. The Labute approximate surface area is 85.6 Å². The van der Waals surface area contributed by atoms with Gasteiger partial charge in [-0.05, 0) is 24.5 Å². The fraction of sp³-hybridized carbons (Fsp3) is 0.455. The van der Waals surface area contributed by atoms with Crippen molar-refractivity contribution in [3.63, 3.8) is 0 Å². The molecule has 0 aliphatic heterocycles. The van der Waals surface area contributed by atoms with Gasteiger partial charge in [-0.1, -0.05) is 19.4 Å². The average molecular weight is 194 g/mol. The van der Waals surface area contributed by atoms with E-state index in [1.54, 1.807) is 0 Å². The van der Waals surface area contributed by atoms with Crippen molar-refractivity contribution in [1.82, 2.24) is 4.98 Å². The number of aryl methyl sites for hydroxylation is 1. The molecule has 3 nitrogen and oxygen atoms in total. The second kappa shape index (κ2) is 8.23. The molecule has 78 valence electrons. The van der Waals surface area contributed by atoms with Crippen LogP contribution in [0.2, 0.25) is 0 Å². The Kier molecular flexibility index (Phi) is 7.42. The zero-order valence-corrected chi connectivity index (χ0v) is 8.92. The molecule has 0 spiro atoms. The second-order valence-electron chi connectivity index (χ2n) is 2.86. The SMILES string of the molecule is C=O.CCCCc1cccnc1NC. The van der Waals surface area contributed by atoms with Crippen molar-refractivity contribution in [2.24, 2.45) is 0 Å². The van der Waals surface area contributed by atoms with Crippen LogP contribution in [0.1, 0.15) is 25.3 Å². The number of pyridine rings is 1. The molecule has 0 radical (unpaired) electrons. The van der Waals surface area contributed by atoms with E-state index in [4.69, 9.17) is 4.79 Å². The zero-order valence-electron chi connectivity index (χ0n) is 8.92. The summed E-state index contributed by atoms with van der Waals surface area (Å²) in [6.07, 6.45) is 5.42. The highest BCUT2D eigenvalue weighted by Gasteiger charge is 1.98. The molecular weight excluding hydrogens is 176 g/mol. The van der Waals surface area contributed by atoms with Crippen molar-refractivity contribution >= 4 is 12.6 Å². The van der Waals surface area contributed by atoms with Crippen molar-refractivity contribution in [3.8, 4) is 0 Å². The summed E-state index contributed by atoms with van der Waals surface area (Å²) >= 11 is 0. The summed E-state index contributed by atoms with van der Waals surface area (Å²) in [7, 11) is 1.91. The standard InChI is InChI=1S/C10H16N2.CH2O/c1-3-4-6-9-7-5-8-12-10(9)11-2;1-2/h5,7-8H,3-4,6H2,1-2H3,(H,11,12);1H2. The summed E-state index contributed by atoms with van der Waals surface area (Å²) in [6.45, 7) is 4.20. The highest BCUT2D eigenvalue weighted by molar-refractivity contribution is 5.42. The van der Waals surface area contributed by atoms with Gasteiger partial charge in [-0.25, -0.2) is 4.98 Å². The Morgan fingerprint density at radius 2 is 2.21 bits per heavy atom. The van der Waals surface area contributed by atoms with Gasteiger partial charge in [-0.3, -0.25) is 0 Å². The lowest BCUT2D eigenvalue weighted by Crippen LogP contribution is -1.97. The lowest BCUT2D eigenvalue weighted by atomic mass is 10.1. The Morgan fingerprint density at radius 3 is 2.79 bits per heavy atom. The highest BCUT2D eigenvalue weighted by atomic mass is 16.1. The molecule has 0 bridgehead atoms. The first-order valence-electron chi connectivity index (χ1n) is 4.79. The van der Waals surface area contributed by atoms with Gasteiger partial charge in [0, 0.05) is 13.2 Å². The molecule has 0 saturated carbocycles. The fourth-order valence-electron chi connectivity index (χ4n) is 1.23. The van der Waals surface area contributed by atoms with E-state index in [2.05, 4.69) is 23.3 Å². The molecule has 0 aliphatic carbocycles. The predicted octanol–water partition coefficient (Wildman–Crippen LogP) is 2.28. The molecule has 14 heavy (non-hydrogen) atoms. The van der Waals surface area contributed by atoms with E-state index in [9.17, 15) is 0 Å². The Balaban J connectivity index is 0.000000791. The number of anilines is 1. The van der Waals surface area contributed by atoms with Crippen molar-refractivity contribution in [2.45, 2.75) is 26.2 Å². The van der Waals surface area contributed by atoms with Gasteiger partial charge in [0.2, 0.25) is 0 Å². The number of hydrogen-bond acceptors (Lipinski definition) is 3. The summed E-state index contributed by atoms with van der Waals surface area (Å²) in [5.74, 6) is 1.02. The quantitative estimate of drug-likeness (QED) is 0.799. The Hall–Kier alpha value is -1.38.